The van der Waals surface area contributed by atoms with Crippen LogP contribution in [0.5, 0.6) is 0 Å². The Morgan fingerprint density at radius 2 is 2.05 bits per heavy atom. The fourth-order valence-corrected chi connectivity index (χ4v) is 1.14. The first-order valence-corrected chi connectivity index (χ1v) is 6.39. The van der Waals surface area contributed by atoms with Gasteiger partial charge in [-0.3, -0.25) is 4.79 Å². The standard InChI is InChI=1S/C11H21N3O7/c1-9(2)21-11(17)19-8-20-12-14(18)13(3)7-5-4-6-10(15)16/h9H,4-8H2,1-3H3,(H,15,16)/b14-12-. The molecule has 1 N–H and O–H groups in total. The van der Waals surface area contributed by atoms with Gasteiger partial charge in [0.15, 0.2) is 0 Å². The van der Waals surface area contributed by atoms with Crippen molar-refractivity contribution in [3.05, 3.63) is 5.21 Å². The van der Waals surface area contributed by atoms with E-state index in [-0.39, 0.29) is 17.5 Å². The molecule has 21 heavy (non-hydrogen) atoms. The summed E-state index contributed by atoms with van der Waals surface area (Å²) in [6.45, 7) is 3.09. The van der Waals surface area contributed by atoms with E-state index in [1.807, 2.05) is 0 Å². The summed E-state index contributed by atoms with van der Waals surface area (Å²) in [5.74, 6) is -0.880. The lowest BCUT2D eigenvalue weighted by Crippen LogP contribution is -2.27. The summed E-state index contributed by atoms with van der Waals surface area (Å²) >= 11 is 0. The Balaban J connectivity index is 3.80. The monoisotopic (exact) mass is 307 g/mol. The molecule has 10 nitrogen and oxygen atoms in total. The number of carbonyl (C=O) groups excluding carboxylic acids is 1. The molecule has 0 aromatic rings. The normalized spacial score (nSPS) is 11.1. The number of carboxylic acids is 1. The van der Waals surface area contributed by atoms with Crippen LogP contribution in [0.1, 0.15) is 33.1 Å². The predicted octanol–water partition coefficient (Wildman–Crippen LogP) is 1.50. The van der Waals surface area contributed by atoms with E-state index in [9.17, 15) is 14.8 Å². The van der Waals surface area contributed by atoms with Gasteiger partial charge >= 0.3 is 12.1 Å². The molecule has 0 atom stereocenters. The Labute approximate surface area is 122 Å². The zero-order valence-corrected chi connectivity index (χ0v) is 12.4. The summed E-state index contributed by atoms with van der Waals surface area (Å²) in [5, 5.41) is 24.1. The number of hydrazine groups is 1. The van der Waals surface area contributed by atoms with Crippen molar-refractivity contribution >= 4 is 12.1 Å². The highest BCUT2D eigenvalue weighted by Crippen LogP contribution is 1.98. The van der Waals surface area contributed by atoms with Crippen molar-refractivity contribution in [3.8, 4) is 0 Å². The van der Waals surface area contributed by atoms with E-state index >= 15 is 0 Å². The molecular weight excluding hydrogens is 286 g/mol. The van der Waals surface area contributed by atoms with E-state index in [0.717, 1.165) is 0 Å². The largest absolute Gasteiger partial charge is 0.569 e. The number of ether oxygens (including phenoxy) is 2. The molecule has 0 aromatic carbocycles. The Bertz CT molecular complexity index is 360. The van der Waals surface area contributed by atoms with Crippen LogP contribution in [0.2, 0.25) is 0 Å². The second-order valence-electron chi connectivity index (χ2n) is 4.37. The van der Waals surface area contributed by atoms with Gasteiger partial charge in [0.1, 0.15) is 0 Å². The van der Waals surface area contributed by atoms with Crippen LogP contribution < -0.4 is 0 Å². The van der Waals surface area contributed by atoms with E-state index in [4.69, 9.17) is 5.11 Å². The first kappa shape index (κ1) is 18.7. The first-order valence-electron chi connectivity index (χ1n) is 6.39. The van der Waals surface area contributed by atoms with E-state index in [1.54, 1.807) is 13.8 Å². The predicted molar refractivity (Wildman–Crippen MR) is 68.8 cm³/mol. The van der Waals surface area contributed by atoms with Gasteiger partial charge in [0.2, 0.25) is 5.28 Å². The third kappa shape index (κ3) is 11.3. The second-order valence-corrected chi connectivity index (χ2v) is 4.37. The fraction of sp³-hybridized carbons (Fsp3) is 0.818. The number of carboxylic acid groups (broad SMARTS) is 1. The highest BCUT2D eigenvalue weighted by molar-refractivity contribution is 5.66. The first-order chi connectivity index (χ1) is 9.82. The summed E-state index contributed by atoms with van der Waals surface area (Å²) in [7, 11) is 1.47. The Kier molecular flexibility index (Phi) is 9.39. The summed E-state index contributed by atoms with van der Waals surface area (Å²) in [4.78, 5) is 25.9. The number of nitrogens with zero attached hydrogens (tertiary/aromatic N) is 3. The molecule has 0 radical (unpaired) electrons. The van der Waals surface area contributed by atoms with Crippen molar-refractivity contribution in [2.45, 2.75) is 39.2 Å². The molecule has 10 heteroatoms. The van der Waals surface area contributed by atoms with Gasteiger partial charge in [-0.1, -0.05) is 0 Å². The minimum atomic E-state index is -0.917. The van der Waals surface area contributed by atoms with Gasteiger partial charge in [0.25, 0.3) is 6.79 Å². The van der Waals surface area contributed by atoms with E-state index in [0.29, 0.717) is 19.4 Å². The van der Waals surface area contributed by atoms with E-state index in [1.165, 1.54) is 12.1 Å². The number of rotatable bonds is 10. The van der Waals surface area contributed by atoms with E-state index in [2.05, 4.69) is 19.6 Å². The third-order valence-corrected chi connectivity index (χ3v) is 2.10. The third-order valence-electron chi connectivity index (χ3n) is 2.10. The summed E-state index contributed by atoms with van der Waals surface area (Å²) in [6.07, 6.45) is -0.207. The molecule has 0 fully saturated rings. The summed E-state index contributed by atoms with van der Waals surface area (Å²) < 4.78 is 9.14. The van der Waals surface area contributed by atoms with Gasteiger partial charge in [0.05, 0.1) is 24.7 Å². The summed E-state index contributed by atoms with van der Waals surface area (Å²) in [5.41, 5.74) is 0. The maximum Gasteiger partial charge on any atom is 0.511 e. The fourth-order valence-electron chi connectivity index (χ4n) is 1.14. The maximum atomic E-state index is 11.4. The van der Waals surface area contributed by atoms with Crippen molar-refractivity contribution in [3.63, 3.8) is 0 Å². The molecule has 0 rings (SSSR count). The smallest absolute Gasteiger partial charge is 0.511 e. The average molecular weight is 307 g/mol. The van der Waals surface area contributed by atoms with Gasteiger partial charge in [-0.2, -0.15) is 0 Å². The van der Waals surface area contributed by atoms with Crippen molar-refractivity contribution in [1.82, 2.24) is 5.01 Å². The molecule has 122 valence electrons. The molecule has 0 unspecified atom stereocenters. The average Bonchev–Trinajstić information content (AvgIpc) is 2.38. The van der Waals surface area contributed by atoms with Crippen LogP contribution in [0.4, 0.5) is 4.79 Å². The number of hydrogen-bond donors (Lipinski definition) is 1. The van der Waals surface area contributed by atoms with Crippen LogP contribution >= 0.6 is 0 Å². The molecule has 0 bridgehead atoms. The van der Waals surface area contributed by atoms with Gasteiger partial charge in [-0.05, 0) is 26.7 Å². The highest BCUT2D eigenvalue weighted by atomic mass is 16.8. The number of unbranched alkanes of at least 4 members (excludes halogenated alkanes) is 1. The zero-order chi connectivity index (χ0) is 16.3. The minimum absolute atomic E-state index is 0.0478. The second kappa shape index (κ2) is 10.5. The van der Waals surface area contributed by atoms with Crippen LogP contribution in [0.15, 0.2) is 5.28 Å². The molecule has 0 aliphatic heterocycles. The van der Waals surface area contributed by atoms with Gasteiger partial charge < -0.3 is 24.6 Å². The lowest BCUT2D eigenvalue weighted by molar-refractivity contribution is -0.706. The van der Waals surface area contributed by atoms with Crippen molar-refractivity contribution in [1.29, 1.82) is 0 Å². The lowest BCUT2D eigenvalue weighted by Gasteiger charge is -2.12. The van der Waals surface area contributed by atoms with Crippen molar-refractivity contribution < 1.29 is 34.0 Å². The number of carbonyl (C=O) groups is 2. The summed E-state index contributed by atoms with van der Waals surface area (Å²) in [6, 6.07) is 0. The molecule has 0 saturated heterocycles. The van der Waals surface area contributed by atoms with Gasteiger partial charge in [0, 0.05) is 6.42 Å². The molecule has 0 spiro atoms. The van der Waals surface area contributed by atoms with Crippen molar-refractivity contribution in [2.75, 3.05) is 20.4 Å². The Morgan fingerprint density at radius 3 is 2.62 bits per heavy atom. The molecular formula is C11H21N3O7. The number of aliphatic carboxylic acids is 1. The molecule has 0 aliphatic rings. The zero-order valence-electron chi connectivity index (χ0n) is 12.4. The highest BCUT2D eigenvalue weighted by Gasteiger charge is 2.09. The quantitative estimate of drug-likeness (QED) is 0.161. The van der Waals surface area contributed by atoms with Crippen LogP contribution in [-0.2, 0) is 19.1 Å². The topological polar surface area (TPSA) is 124 Å². The van der Waals surface area contributed by atoms with Crippen LogP contribution in [0.3, 0.4) is 0 Å². The van der Waals surface area contributed by atoms with Crippen LogP contribution in [0, 0.1) is 5.21 Å². The Morgan fingerprint density at radius 1 is 1.38 bits per heavy atom. The molecule has 0 aromatic heterocycles. The van der Waals surface area contributed by atoms with Crippen LogP contribution in [0.25, 0.3) is 0 Å². The molecule has 0 saturated carbocycles. The van der Waals surface area contributed by atoms with Gasteiger partial charge in [-0.15, -0.1) is 5.01 Å². The molecule has 0 amide bonds. The minimum Gasteiger partial charge on any atom is -0.569 e. The van der Waals surface area contributed by atoms with Crippen molar-refractivity contribution in [2.24, 2.45) is 5.28 Å². The molecule has 0 aliphatic carbocycles. The van der Waals surface area contributed by atoms with Gasteiger partial charge in [-0.25, -0.2) is 4.79 Å². The number of hydrogen-bond acceptors (Lipinski definition) is 7. The SMILES string of the molecule is CC(C)OC(=O)OCO/N=[N+](\[O-])N(C)CCCCC(=O)O. The Hall–Kier alpha value is -2.26. The van der Waals surface area contributed by atoms with Crippen LogP contribution in [-0.4, -0.2) is 53.7 Å². The molecule has 0 heterocycles. The maximum absolute atomic E-state index is 11.4. The van der Waals surface area contributed by atoms with E-state index < -0.39 is 18.9 Å². The lowest BCUT2D eigenvalue weighted by atomic mass is 10.2.